The Kier molecular flexibility index (Phi) is 7.47. The predicted molar refractivity (Wildman–Crippen MR) is 139 cm³/mol. The van der Waals surface area contributed by atoms with E-state index in [0.717, 1.165) is 11.1 Å². The Morgan fingerprint density at radius 1 is 0.622 bits per heavy atom. The van der Waals surface area contributed by atoms with Gasteiger partial charge in [-0.1, -0.05) is 18.2 Å². The van der Waals surface area contributed by atoms with E-state index >= 15 is 0 Å². The van der Waals surface area contributed by atoms with Crippen molar-refractivity contribution >= 4 is 11.9 Å². The SMILES string of the molecule is COc1ccccc1/C=C1\C(=O)c2cc(OC)c(OC)c(OC)c2C1c1cc(OC)c(OC)c(OC)c1. The predicted octanol–water partition coefficient (Wildman–Crippen LogP) is 5.16. The van der Waals surface area contributed by atoms with Gasteiger partial charge in [0.25, 0.3) is 0 Å². The molecule has 1 unspecified atom stereocenters. The normalized spacial score (nSPS) is 15.3. The Bertz CT molecular complexity index is 1330. The molecular formula is C29H30O8. The van der Waals surface area contributed by atoms with Crippen molar-refractivity contribution in [3.8, 4) is 40.2 Å². The summed E-state index contributed by atoms with van der Waals surface area (Å²) in [5, 5.41) is 0. The van der Waals surface area contributed by atoms with Crippen molar-refractivity contribution in [1.29, 1.82) is 0 Å². The average Bonchev–Trinajstić information content (AvgIpc) is 3.21. The zero-order chi connectivity index (χ0) is 26.7. The Balaban J connectivity index is 2.09. The molecule has 0 heterocycles. The molecule has 8 heteroatoms. The number of carbonyl (C=O) groups is 1. The number of fused-ring (bicyclic) bond motifs is 1. The van der Waals surface area contributed by atoms with E-state index in [9.17, 15) is 4.79 Å². The van der Waals surface area contributed by atoms with Crippen molar-refractivity contribution in [2.45, 2.75) is 5.92 Å². The molecule has 1 aliphatic carbocycles. The van der Waals surface area contributed by atoms with Crippen molar-refractivity contribution in [2.75, 3.05) is 49.8 Å². The first-order valence-electron chi connectivity index (χ1n) is 11.5. The zero-order valence-corrected chi connectivity index (χ0v) is 22.0. The molecule has 0 aliphatic heterocycles. The molecule has 194 valence electrons. The highest BCUT2D eigenvalue weighted by Gasteiger charge is 2.41. The van der Waals surface area contributed by atoms with Crippen LogP contribution in [0.1, 0.15) is 33.0 Å². The van der Waals surface area contributed by atoms with Crippen LogP contribution in [-0.4, -0.2) is 55.6 Å². The fourth-order valence-corrected chi connectivity index (χ4v) is 4.81. The fraction of sp³-hybridized carbons (Fsp3) is 0.276. The highest BCUT2D eigenvalue weighted by molar-refractivity contribution is 6.18. The van der Waals surface area contributed by atoms with Crippen molar-refractivity contribution in [2.24, 2.45) is 0 Å². The molecule has 0 N–H and O–H groups in total. The minimum atomic E-state index is -0.545. The summed E-state index contributed by atoms with van der Waals surface area (Å²) in [6.07, 6.45) is 1.84. The maximum atomic E-state index is 14.0. The molecule has 37 heavy (non-hydrogen) atoms. The molecule has 8 nitrogen and oxygen atoms in total. The zero-order valence-electron chi connectivity index (χ0n) is 22.0. The molecule has 0 fully saturated rings. The van der Waals surface area contributed by atoms with Gasteiger partial charge in [-0.2, -0.15) is 0 Å². The lowest BCUT2D eigenvalue weighted by Gasteiger charge is -2.22. The van der Waals surface area contributed by atoms with Gasteiger partial charge in [0, 0.05) is 28.2 Å². The van der Waals surface area contributed by atoms with E-state index in [4.69, 9.17) is 33.2 Å². The highest BCUT2D eigenvalue weighted by atomic mass is 16.5. The van der Waals surface area contributed by atoms with Gasteiger partial charge in [0.15, 0.2) is 28.8 Å². The standard InChI is InChI=1S/C29H30O8/c1-31-20-11-9-8-10-16(20)12-18-24(17-13-21(32-2)27(35-5)22(14-17)33-3)25-19(26(18)30)15-23(34-4)28(36-6)29(25)37-7/h8-15,24H,1-7H3/b18-12-. The highest BCUT2D eigenvalue weighted by Crippen LogP contribution is 2.55. The molecule has 3 aromatic rings. The second-order valence-electron chi connectivity index (χ2n) is 8.17. The lowest BCUT2D eigenvalue weighted by Crippen LogP contribution is -2.06. The number of para-hydroxylation sites is 1. The van der Waals surface area contributed by atoms with Crippen LogP contribution in [0.25, 0.3) is 6.08 Å². The maximum Gasteiger partial charge on any atom is 0.203 e. The Hall–Kier alpha value is -4.33. The minimum Gasteiger partial charge on any atom is -0.496 e. The van der Waals surface area contributed by atoms with Crippen LogP contribution in [0.15, 0.2) is 48.0 Å². The number of allylic oxidation sites excluding steroid dienone is 1. The molecular weight excluding hydrogens is 476 g/mol. The molecule has 0 bridgehead atoms. The number of methoxy groups -OCH3 is 7. The second kappa shape index (κ2) is 10.7. The van der Waals surface area contributed by atoms with Crippen LogP contribution in [0, 0.1) is 0 Å². The summed E-state index contributed by atoms with van der Waals surface area (Å²) < 4.78 is 39.3. The van der Waals surface area contributed by atoms with Crippen LogP contribution < -0.4 is 33.2 Å². The number of Topliss-reactive ketones (excluding diaryl/α,β-unsaturated/α-hetero) is 1. The van der Waals surface area contributed by atoms with Gasteiger partial charge in [-0.05, 0) is 35.9 Å². The van der Waals surface area contributed by atoms with E-state index in [1.165, 1.54) is 21.3 Å². The first kappa shape index (κ1) is 25.8. The third-order valence-corrected chi connectivity index (χ3v) is 6.45. The number of benzene rings is 3. The van der Waals surface area contributed by atoms with Gasteiger partial charge in [0.2, 0.25) is 11.5 Å². The van der Waals surface area contributed by atoms with Crippen LogP contribution >= 0.6 is 0 Å². The molecule has 0 amide bonds. The molecule has 0 saturated heterocycles. The van der Waals surface area contributed by atoms with Crippen LogP contribution in [0.4, 0.5) is 0 Å². The molecule has 4 rings (SSSR count). The van der Waals surface area contributed by atoms with Gasteiger partial charge in [-0.15, -0.1) is 0 Å². The number of carbonyl (C=O) groups excluding carboxylic acids is 1. The lowest BCUT2D eigenvalue weighted by atomic mass is 9.87. The summed E-state index contributed by atoms with van der Waals surface area (Å²) in [6.45, 7) is 0. The second-order valence-corrected chi connectivity index (χ2v) is 8.17. The van der Waals surface area contributed by atoms with Crippen LogP contribution in [-0.2, 0) is 0 Å². The van der Waals surface area contributed by atoms with Gasteiger partial charge in [-0.3, -0.25) is 4.79 Å². The summed E-state index contributed by atoms with van der Waals surface area (Å²) in [5.41, 5.74) is 3.13. The van der Waals surface area contributed by atoms with Crippen molar-refractivity contribution in [1.82, 2.24) is 0 Å². The quantitative estimate of drug-likeness (QED) is 0.368. The molecule has 0 saturated carbocycles. The Morgan fingerprint density at radius 2 is 1.16 bits per heavy atom. The van der Waals surface area contributed by atoms with Crippen LogP contribution in [0.3, 0.4) is 0 Å². The Morgan fingerprint density at radius 3 is 1.70 bits per heavy atom. The van der Waals surface area contributed by atoms with E-state index in [1.807, 2.05) is 42.5 Å². The van der Waals surface area contributed by atoms with E-state index in [0.29, 0.717) is 56.9 Å². The molecule has 3 aromatic carbocycles. The van der Waals surface area contributed by atoms with Crippen molar-refractivity contribution < 1.29 is 38.0 Å². The average molecular weight is 507 g/mol. The van der Waals surface area contributed by atoms with E-state index in [2.05, 4.69) is 0 Å². The van der Waals surface area contributed by atoms with Gasteiger partial charge < -0.3 is 33.2 Å². The van der Waals surface area contributed by atoms with Crippen LogP contribution in [0.2, 0.25) is 0 Å². The third-order valence-electron chi connectivity index (χ3n) is 6.45. The Labute approximate surface area is 216 Å². The number of ketones is 1. The van der Waals surface area contributed by atoms with Crippen molar-refractivity contribution in [3.63, 3.8) is 0 Å². The van der Waals surface area contributed by atoms with Crippen LogP contribution in [0.5, 0.6) is 40.2 Å². The van der Waals surface area contributed by atoms with E-state index in [-0.39, 0.29) is 5.78 Å². The summed E-state index contributed by atoms with van der Waals surface area (Å²) in [6, 6.07) is 12.9. The smallest absolute Gasteiger partial charge is 0.203 e. The number of hydrogen-bond donors (Lipinski definition) is 0. The number of ether oxygens (including phenoxy) is 7. The minimum absolute atomic E-state index is 0.168. The lowest BCUT2D eigenvalue weighted by molar-refractivity contribution is 0.103. The molecule has 0 spiro atoms. The topological polar surface area (TPSA) is 81.7 Å². The summed E-state index contributed by atoms with van der Waals surface area (Å²) in [5.74, 6) is 2.52. The van der Waals surface area contributed by atoms with Gasteiger partial charge in [-0.25, -0.2) is 0 Å². The third kappa shape index (κ3) is 4.28. The van der Waals surface area contributed by atoms with E-state index < -0.39 is 5.92 Å². The summed E-state index contributed by atoms with van der Waals surface area (Å²) in [7, 11) is 10.8. The largest absolute Gasteiger partial charge is 0.496 e. The van der Waals surface area contributed by atoms with Gasteiger partial charge in [0.1, 0.15) is 5.75 Å². The maximum absolute atomic E-state index is 14.0. The molecule has 1 atom stereocenters. The summed E-state index contributed by atoms with van der Waals surface area (Å²) >= 11 is 0. The fourth-order valence-electron chi connectivity index (χ4n) is 4.81. The molecule has 0 aromatic heterocycles. The van der Waals surface area contributed by atoms with E-state index in [1.54, 1.807) is 34.5 Å². The molecule has 1 aliphatic rings. The first-order chi connectivity index (χ1) is 18.0. The van der Waals surface area contributed by atoms with Crippen molar-refractivity contribution in [3.05, 3.63) is 70.3 Å². The number of hydrogen-bond acceptors (Lipinski definition) is 8. The molecule has 0 radical (unpaired) electrons. The summed E-state index contributed by atoms with van der Waals surface area (Å²) in [4.78, 5) is 14.0. The van der Waals surface area contributed by atoms with Gasteiger partial charge in [0.05, 0.1) is 49.8 Å². The monoisotopic (exact) mass is 506 g/mol. The number of rotatable bonds is 9. The van der Waals surface area contributed by atoms with Gasteiger partial charge >= 0.3 is 0 Å². The first-order valence-corrected chi connectivity index (χ1v) is 11.5.